The zero-order valence-corrected chi connectivity index (χ0v) is 19.3. The van der Waals surface area contributed by atoms with Gasteiger partial charge in [-0.1, -0.05) is 6.07 Å². The molecule has 178 valence electrons. The Kier molecular flexibility index (Phi) is 4.92. The summed E-state index contributed by atoms with van der Waals surface area (Å²) in [5.74, 6) is 0.105. The van der Waals surface area contributed by atoms with Gasteiger partial charge in [-0.15, -0.1) is 0 Å². The predicted molar refractivity (Wildman–Crippen MR) is 127 cm³/mol. The number of carbonyl (C=O) groups excluding carboxylic acids is 1. The van der Waals surface area contributed by atoms with Gasteiger partial charge < -0.3 is 25.1 Å². The van der Waals surface area contributed by atoms with E-state index in [-0.39, 0.29) is 29.7 Å². The van der Waals surface area contributed by atoms with E-state index in [2.05, 4.69) is 25.6 Å². The van der Waals surface area contributed by atoms with Crippen LogP contribution in [0.4, 0.5) is 15.8 Å². The number of pyridine rings is 1. The number of fused-ring (bicyclic) bond motifs is 4. The van der Waals surface area contributed by atoms with Gasteiger partial charge in [0.2, 0.25) is 0 Å². The maximum absolute atomic E-state index is 14.5. The van der Waals surface area contributed by atoms with Crippen molar-refractivity contribution in [3.05, 3.63) is 59.6 Å². The average Bonchev–Trinajstić information content (AvgIpc) is 3.55. The lowest BCUT2D eigenvalue weighted by molar-refractivity contribution is 0.0944. The van der Waals surface area contributed by atoms with Crippen molar-refractivity contribution < 1.29 is 18.7 Å². The molecule has 0 radical (unpaired) electrons. The summed E-state index contributed by atoms with van der Waals surface area (Å²) in [5.41, 5.74) is 4.91. The molecule has 9 nitrogen and oxygen atoms in total. The molecule has 4 heterocycles. The number of methoxy groups -OCH3 is 2. The molecule has 1 amide bonds. The summed E-state index contributed by atoms with van der Waals surface area (Å²) < 4.78 is 25.2. The van der Waals surface area contributed by atoms with Crippen molar-refractivity contribution in [1.29, 1.82) is 0 Å². The van der Waals surface area contributed by atoms with Crippen LogP contribution in [0.2, 0.25) is 0 Å². The summed E-state index contributed by atoms with van der Waals surface area (Å²) in [6.45, 7) is 1.87. The van der Waals surface area contributed by atoms with Gasteiger partial charge in [0, 0.05) is 36.5 Å². The Morgan fingerprint density at radius 1 is 1.23 bits per heavy atom. The van der Waals surface area contributed by atoms with Crippen molar-refractivity contribution in [2.24, 2.45) is 0 Å². The van der Waals surface area contributed by atoms with Crippen LogP contribution in [-0.2, 0) is 4.74 Å². The van der Waals surface area contributed by atoms with Crippen LogP contribution in [0.25, 0.3) is 22.3 Å². The third-order valence-electron chi connectivity index (χ3n) is 6.65. The number of aromatic nitrogens is 4. The number of nitrogens with one attached hydrogen (secondary N) is 3. The fourth-order valence-corrected chi connectivity index (χ4v) is 4.68. The molecule has 0 bridgehead atoms. The molecule has 6 rings (SSSR count). The van der Waals surface area contributed by atoms with E-state index in [9.17, 15) is 9.18 Å². The smallest absolute Gasteiger partial charge is 0.255 e. The van der Waals surface area contributed by atoms with Gasteiger partial charge in [0.05, 0.1) is 35.9 Å². The van der Waals surface area contributed by atoms with Gasteiger partial charge in [-0.3, -0.25) is 9.78 Å². The Balaban J connectivity index is 1.59. The third-order valence-corrected chi connectivity index (χ3v) is 6.65. The van der Waals surface area contributed by atoms with E-state index in [1.807, 2.05) is 13.0 Å². The summed E-state index contributed by atoms with van der Waals surface area (Å²) in [6.07, 6.45) is 3.89. The Labute approximate surface area is 200 Å². The first-order chi connectivity index (χ1) is 17.0. The maximum Gasteiger partial charge on any atom is 0.255 e. The minimum absolute atomic E-state index is 0.0621. The zero-order valence-electron chi connectivity index (χ0n) is 19.3. The molecule has 1 saturated carbocycles. The summed E-state index contributed by atoms with van der Waals surface area (Å²) in [5, 5.41) is 6.33. The van der Waals surface area contributed by atoms with Crippen molar-refractivity contribution in [2.45, 2.75) is 31.4 Å². The van der Waals surface area contributed by atoms with Crippen molar-refractivity contribution >= 4 is 28.3 Å². The van der Waals surface area contributed by atoms with E-state index in [1.165, 1.54) is 13.2 Å². The molecule has 1 aromatic carbocycles. The molecule has 0 spiro atoms. The number of carbonyl (C=O) groups is 1. The molecule has 0 saturated heterocycles. The van der Waals surface area contributed by atoms with Gasteiger partial charge in [-0.05, 0) is 31.5 Å². The van der Waals surface area contributed by atoms with Crippen molar-refractivity contribution in [1.82, 2.24) is 25.3 Å². The fourth-order valence-electron chi connectivity index (χ4n) is 4.68. The molecule has 0 unspecified atom stereocenters. The van der Waals surface area contributed by atoms with Crippen LogP contribution in [0.5, 0.6) is 5.75 Å². The van der Waals surface area contributed by atoms with Crippen LogP contribution < -0.4 is 15.4 Å². The highest BCUT2D eigenvalue weighted by atomic mass is 19.1. The number of rotatable bonds is 6. The molecule has 1 aliphatic carbocycles. The van der Waals surface area contributed by atoms with Crippen molar-refractivity contribution in [2.75, 3.05) is 19.5 Å². The van der Waals surface area contributed by atoms with E-state index in [0.29, 0.717) is 39.5 Å². The van der Waals surface area contributed by atoms with Crippen molar-refractivity contribution in [3.63, 3.8) is 0 Å². The number of halogens is 1. The number of hydrogen-bond acceptors (Lipinski definition) is 7. The number of nitrogens with zero attached hydrogens (tertiary/aromatic N) is 3. The second-order valence-electron chi connectivity index (χ2n) is 8.73. The Bertz CT molecular complexity index is 1490. The van der Waals surface area contributed by atoms with Crippen LogP contribution in [0.3, 0.4) is 0 Å². The molecule has 2 aliphatic rings. The van der Waals surface area contributed by atoms with Gasteiger partial charge >= 0.3 is 0 Å². The van der Waals surface area contributed by atoms with E-state index in [1.54, 1.807) is 31.6 Å². The lowest BCUT2D eigenvalue weighted by Gasteiger charge is -2.17. The van der Waals surface area contributed by atoms with Gasteiger partial charge in [0.25, 0.3) is 5.91 Å². The lowest BCUT2D eigenvalue weighted by atomic mass is 10.0. The fraction of sp³-hybridized carbons (Fsp3) is 0.280. The average molecular weight is 474 g/mol. The summed E-state index contributed by atoms with van der Waals surface area (Å²) in [7, 11) is 3.00. The van der Waals surface area contributed by atoms with Gasteiger partial charge in [0.15, 0.2) is 17.4 Å². The number of H-pyrrole nitrogens is 1. The highest BCUT2D eigenvalue weighted by molar-refractivity contribution is 6.09. The monoisotopic (exact) mass is 474 g/mol. The second-order valence-corrected chi connectivity index (χ2v) is 8.73. The van der Waals surface area contributed by atoms with Crippen LogP contribution in [0.1, 0.15) is 47.2 Å². The molecule has 35 heavy (non-hydrogen) atoms. The molecule has 4 aromatic rings. The number of amides is 1. The standard InChI is InChI=1S/C25H23FN6O3/c1-11(34-2)24-28-10-17-19(32-24)12(7-8-27-17)21-22(29-15-6-4-5-14(26)23(15)35-3)18-20(31-21)13-9-16(13)30-25(18)33/h4-8,10-11,13,16,29,31H,9H2,1-3H3,(H,30,33)/t11-,13+,16-/m1/s1. The van der Waals surface area contributed by atoms with Gasteiger partial charge in [-0.2, -0.15) is 0 Å². The summed E-state index contributed by atoms with van der Waals surface area (Å²) in [6, 6.07) is 6.58. The van der Waals surface area contributed by atoms with Crippen LogP contribution >= 0.6 is 0 Å². The van der Waals surface area contributed by atoms with Gasteiger partial charge in [-0.25, -0.2) is 14.4 Å². The first kappa shape index (κ1) is 21.5. The summed E-state index contributed by atoms with van der Waals surface area (Å²) >= 11 is 0. The summed E-state index contributed by atoms with van der Waals surface area (Å²) in [4.78, 5) is 30.1. The molecule has 3 aromatic heterocycles. The van der Waals surface area contributed by atoms with Gasteiger partial charge in [0.1, 0.15) is 17.1 Å². The third kappa shape index (κ3) is 3.40. The Hall–Kier alpha value is -4.05. The minimum Gasteiger partial charge on any atom is -0.492 e. The first-order valence-electron chi connectivity index (χ1n) is 11.3. The maximum atomic E-state index is 14.5. The number of para-hydroxylation sites is 1. The molecule has 1 fully saturated rings. The molecule has 1 aliphatic heterocycles. The first-order valence-corrected chi connectivity index (χ1v) is 11.3. The molecule has 10 heteroatoms. The van der Waals surface area contributed by atoms with E-state index < -0.39 is 5.82 Å². The normalized spacial score (nSPS) is 19.0. The topological polar surface area (TPSA) is 114 Å². The predicted octanol–water partition coefficient (Wildman–Crippen LogP) is 4.22. The number of hydrogen-bond donors (Lipinski definition) is 3. The van der Waals surface area contributed by atoms with Crippen molar-refractivity contribution in [3.8, 4) is 17.0 Å². The largest absolute Gasteiger partial charge is 0.492 e. The quantitative estimate of drug-likeness (QED) is 0.383. The number of benzene rings is 1. The highest BCUT2D eigenvalue weighted by Crippen LogP contribution is 2.50. The van der Waals surface area contributed by atoms with Crippen LogP contribution in [-0.4, -0.2) is 46.1 Å². The lowest BCUT2D eigenvalue weighted by Crippen LogP contribution is -2.31. The Morgan fingerprint density at radius 2 is 2.09 bits per heavy atom. The molecule has 3 atom stereocenters. The zero-order chi connectivity index (χ0) is 24.3. The van der Waals surface area contributed by atoms with E-state index >= 15 is 0 Å². The van der Waals surface area contributed by atoms with Crippen LogP contribution in [0.15, 0.2) is 36.7 Å². The SMILES string of the molecule is COc1c(F)cccc1Nc1c(-c2ccnc3cnc([C@@H](C)OC)nc23)[nH]c2c1C(=O)N[C@@H]1C[C@H]21. The molecular formula is C25H23FN6O3. The second kappa shape index (κ2) is 8.02. The van der Waals surface area contributed by atoms with Crippen LogP contribution in [0, 0.1) is 5.82 Å². The number of anilines is 2. The molecule has 3 N–H and O–H groups in total. The Morgan fingerprint density at radius 3 is 2.89 bits per heavy atom. The van der Waals surface area contributed by atoms with E-state index in [0.717, 1.165) is 17.7 Å². The highest BCUT2D eigenvalue weighted by Gasteiger charge is 2.48. The van der Waals surface area contributed by atoms with E-state index in [4.69, 9.17) is 14.5 Å². The number of ether oxygens (including phenoxy) is 2. The minimum atomic E-state index is -0.504. The molecular weight excluding hydrogens is 451 g/mol. The number of aromatic amines is 1.